The number of carbonyl (C=O) groups is 1. The third kappa shape index (κ3) is 4.52. The van der Waals surface area contributed by atoms with Crippen molar-refractivity contribution in [1.82, 2.24) is 4.67 Å². The van der Waals surface area contributed by atoms with E-state index in [2.05, 4.69) is 35.0 Å². The van der Waals surface area contributed by atoms with Crippen LogP contribution in [-0.2, 0) is 11.3 Å². The molecule has 0 bridgehead atoms. The average Bonchev–Trinajstić information content (AvgIpc) is 2.29. The lowest BCUT2D eigenvalue weighted by molar-refractivity contribution is -0.111. The van der Waals surface area contributed by atoms with E-state index < -0.39 is 8.96 Å². The maximum atomic E-state index is 11.2. The highest BCUT2D eigenvalue weighted by atomic mass is 28.3. The Morgan fingerprint density at radius 3 is 2.29 bits per heavy atom. The number of hydrogen-bond acceptors (Lipinski definition) is 3. The molecular formula is C13H20N2OSi. The Morgan fingerprint density at radius 2 is 1.82 bits per heavy atom. The highest BCUT2D eigenvalue weighted by Gasteiger charge is 2.10. The topological polar surface area (TPSA) is 32.7 Å². The maximum absolute atomic E-state index is 11.2. The van der Waals surface area contributed by atoms with E-state index >= 15 is 0 Å². The lowest BCUT2D eigenvalue weighted by atomic mass is 10.2. The zero-order valence-electron chi connectivity index (χ0n) is 11.0. The Morgan fingerprint density at radius 1 is 1.24 bits per heavy atom. The van der Waals surface area contributed by atoms with Crippen molar-refractivity contribution in [2.45, 2.75) is 33.5 Å². The van der Waals surface area contributed by atoms with Crippen molar-refractivity contribution in [2.24, 2.45) is 5.10 Å². The van der Waals surface area contributed by atoms with Crippen LogP contribution in [0.1, 0.15) is 19.4 Å². The monoisotopic (exact) mass is 248 g/mol. The highest BCUT2D eigenvalue weighted by molar-refractivity contribution is 6.52. The fourth-order valence-corrected chi connectivity index (χ4v) is 2.35. The molecule has 0 N–H and O–H groups in total. The van der Waals surface area contributed by atoms with E-state index in [0.29, 0.717) is 5.71 Å². The second-order valence-electron chi connectivity index (χ2n) is 4.42. The predicted molar refractivity (Wildman–Crippen MR) is 74.7 cm³/mol. The number of hydrogen-bond donors (Lipinski definition) is 0. The van der Waals surface area contributed by atoms with Gasteiger partial charge < -0.3 is 4.67 Å². The summed E-state index contributed by atoms with van der Waals surface area (Å²) in [4.78, 5) is 11.2. The summed E-state index contributed by atoms with van der Waals surface area (Å²) >= 11 is 0. The standard InChI is InChI=1S/C13H20N2OSi/c1-11(12(2)16)14-15(17(3)4)10-13-8-6-5-7-9-13/h5-9,17H,10H2,1-4H3. The van der Waals surface area contributed by atoms with Gasteiger partial charge in [0, 0.05) is 6.92 Å². The molecule has 0 aromatic heterocycles. The van der Waals surface area contributed by atoms with Crippen molar-refractivity contribution in [2.75, 3.05) is 0 Å². The molecule has 0 atom stereocenters. The molecule has 0 aliphatic heterocycles. The Hall–Kier alpha value is -1.42. The summed E-state index contributed by atoms with van der Waals surface area (Å²) in [5, 5.41) is 4.43. The summed E-state index contributed by atoms with van der Waals surface area (Å²) in [6.07, 6.45) is 0. The van der Waals surface area contributed by atoms with Gasteiger partial charge in [0.05, 0.1) is 12.3 Å². The molecule has 0 radical (unpaired) electrons. The molecule has 1 aromatic carbocycles. The predicted octanol–water partition coefficient (Wildman–Crippen LogP) is 2.44. The Labute approximate surface area is 105 Å². The first kappa shape index (κ1) is 13.6. The van der Waals surface area contributed by atoms with Crippen LogP contribution < -0.4 is 0 Å². The van der Waals surface area contributed by atoms with E-state index in [0.717, 1.165) is 6.54 Å². The summed E-state index contributed by atoms with van der Waals surface area (Å²) < 4.78 is 2.08. The number of ketones is 1. The fraction of sp³-hybridized carbons (Fsp3) is 0.385. The van der Waals surface area contributed by atoms with E-state index in [-0.39, 0.29) is 5.78 Å². The number of carbonyl (C=O) groups excluding carboxylic acids is 1. The van der Waals surface area contributed by atoms with Gasteiger partial charge in [-0.15, -0.1) is 0 Å². The third-order valence-electron chi connectivity index (χ3n) is 2.57. The minimum atomic E-state index is -1.06. The second-order valence-corrected chi connectivity index (χ2v) is 7.20. The minimum Gasteiger partial charge on any atom is -0.323 e. The fourth-order valence-electron chi connectivity index (χ4n) is 1.37. The second kappa shape index (κ2) is 6.35. The van der Waals surface area contributed by atoms with Gasteiger partial charge in [-0.2, -0.15) is 5.10 Å². The van der Waals surface area contributed by atoms with Gasteiger partial charge in [-0.3, -0.25) is 4.79 Å². The molecule has 17 heavy (non-hydrogen) atoms. The van der Waals surface area contributed by atoms with Crippen LogP contribution in [0.15, 0.2) is 35.4 Å². The molecule has 0 heterocycles. The number of benzene rings is 1. The molecule has 1 aromatic rings. The van der Waals surface area contributed by atoms with Crippen molar-refractivity contribution in [3.63, 3.8) is 0 Å². The summed E-state index contributed by atoms with van der Waals surface area (Å²) in [6.45, 7) is 8.54. The molecule has 4 heteroatoms. The summed E-state index contributed by atoms with van der Waals surface area (Å²) in [6, 6.07) is 10.2. The molecule has 1 rings (SSSR count). The van der Waals surface area contributed by atoms with Gasteiger partial charge in [0.15, 0.2) is 14.7 Å². The minimum absolute atomic E-state index is 0.0395. The van der Waals surface area contributed by atoms with Crippen LogP contribution in [0.5, 0.6) is 0 Å². The number of nitrogens with zero attached hydrogens (tertiary/aromatic N) is 2. The molecule has 0 aliphatic rings. The van der Waals surface area contributed by atoms with E-state index in [9.17, 15) is 4.79 Å². The van der Waals surface area contributed by atoms with E-state index in [1.54, 1.807) is 13.8 Å². The molecule has 92 valence electrons. The van der Waals surface area contributed by atoms with Crippen LogP contribution in [0, 0.1) is 0 Å². The first-order chi connectivity index (χ1) is 8.00. The Balaban J connectivity index is 2.81. The molecule has 3 nitrogen and oxygen atoms in total. The molecule has 0 saturated carbocycles. The Kier molecular flexibility index (Phi) is 5.09. The molecule has 0 spiro atoms. The molecule has 0 aliphatic carbocycles. The first-order valence-electron chi connectivity index (χ1n) is 5.87. The SMILES string of the molecule is CC(=O)C(C)=NN(Cc1ccccc1)[SiH](C)C. The molecule has 0 amide bonds. The van der Waals surface area contributed by atoms with Gasteiger partial charge in [0.2, 0.25) is 0 Å². The van der Waals surface area contributed by atoms with Gasteiger partial charge in [-0.25, -0.2) is 0 Å². The van der Waals surface area contributed by atoms with E-state index in [1.807, 2.05) is 18.2 Å². The third-order valence-corrected chi connectivity index (χ3v) is 4.06. The largest absolute Gasteiger partial charge is 0.323 e. The molecular weight excluding hydrogens is 228 g/mol. The summed E-state index contributed by atoms with van der Waals surface area (Å²) in [7, 11) is -1.06. The van der Waals surface area contributed by atoms with Gasteiger partial charge in [0.25, 0.3) is 0 Å². The maximum Gasteiger partial charge on any atom is 0.175 e. The first-order valence-corrected chi connectivity index (χ1v) is 8.70. The van der Waals surface area contributed by atoms with Crippen LogP contribution in [-0.4, -0.2) is 25.1 Å². The van der Waals surface area contributed by atoms with Gasteiger partial charge >= 0.3 is 0 Å². The molecule has 0 fully saturated rings. The van der Waals surface area contributed by atoms with Crippen LogP contribution in [0.4, 0.5) is 0 Å². The quantitative estimate of drug-likeness (QED) is 0.455. The van der Waals surface area contributed by atoms with Crippen LogP contribution in [0.2, 0.25) is 13.1 Å². The zero-order chi connectivity index (χ0) is 12.8. The van der Waals surface area contributed by atoms with Gasteiger partial charge in [0.1, 0.15) is 0 Å². The number of rotatable bonds is 5. The van der Waals surface area contributed by atoms with Crippen LogP contribution >= 0.6 is 0 Å². The zero-order valence-corrected chi connectivity index (χ0v) is 12.1. The van der Waals surface area contributed by atoms with Crippen molar-refractivity contribution in [1.29, 1.82) is 0 Å². The van der Waals surface area contributed by atoms with Crippen molar-refractivity contribution in [3.8, 4) is 0 Å². The van der Waals surface area contributed by atoms with Crippen LogP contribution in [0.25, 0.3) is 0 Å². The normalized spacial score (nSPS) is 11.7. The molecule has 0 saturated heterocycles. The summed E-state index contributed by atoms with van der Waals surface area (Å²) in [5.41, 5.74) is 1.82. The van der Waals surface area contributed by atoms with Crippen LogP contribution in [0.3, 0.4) is 0 Å². The summed E-state index contributed by atoms with van der Waals surface area (Å²) in [5.74, 6) is 0.0395. The molecule has 0 unspecified atom stereocenters. The lowest BCUT2D eigenvalue weighted by Crippen LogP contribution is -2.31. The van der Waals surface area contributed by atoms with E-state index in [1.165, 1.54) is 5.56 Å². The number of hydrazone groups is 1. The van der Waals surface area contributed by atoms with Crippen molar-refractivity contribution < 1.29 is 4.79 Å². The average molecular weight is 248 g/mol. The van der Waals surface area contributed by atoms with Crippen molar-refractivity contribution >= 4 is 20.5 Å². The van der Waals surface area contributed by atoms with E-state index in [4.69, 9.17) is 0 Å². The van der Waals surface area contributed by atoms with Crippen molar-refractivity contribution in [3.05, 3.63) is 35.9 Å². The highest BCUT2D eigenvalue weighted by Crippen LogP contribution is 2.07. The smallest absolute Gasteiger partial charge is 0.175 e. The van der Waals surface area contributed by atoms with Gasteiger partial charge in [-0.1, -0.05) is 43.4 Å². The Bertz CT molecular complexity index is 401. The van der Waals surface area contributed by atoms with Gasteiger partial charge in [-0.05, 0) is 12.5 Å². The number of Topliss-reactive ketones (excluding diaryl/α,β-unsaturated/α-hetero) is 1. The lowest BCUT2D eigenvalue weighted by Gasteiger charge is -2.23.